The highest BCUT2D eigenvalue weighted by molar-refractivity contribution is 6.30. The molecule has 1 amide bonds. The molecule has 8 nitrogen and oxygen atoms in total. The molecule has 2 aromatic heterocycles. The molecule has 0 unspecified atom stereocenters. The van der Waals surface area contributed by atoms with Crippen LogP contribution in [0.15, 0.2) is 90.0 Å². The summed E-state index contributed by atoms with van der Waals surface area (Å²) in [4.78, 5) is 12.6. The lowest BCUT2D eigenvalue weighted by Crippen LogP contribution is -2.18. The number of H-pyrrole nitrogens is 1. The largest absolute Gasteiger partial charge is 0.489 e. The van der Waals surface area contributed by atoms with E-state index in [9.17, 15) is 4.79 Å². The van der Waals surface area contributed by atoms with Crippen molar-refractivity contribution in [1.29, 1.82) is 0 Å². The van der Waals surface area contributed by atoms with Crippen molar-refractivity contribution < 1.29 is 9.53 Å². The number of aromatic nitrogens is 4. The van der Waals surface area contributed by atoms with Crippen LogP contribution in [0.2, 0.25) is 5.02 Å². The van der Waals surface area contributed by atoms with E-state index < -0.39 is 5.91 Å². The lowest BCUT2D eigenvalue weighted by molar-refractivity contribution is 0.0950. The Morgan fingerprint density at radius 3 is 2.53 bits per heavy atom. The van der Waals surface area contributed by atoms with E-state index in [4.69, 9.17) is 16.3 Å². The highest BCUT2D eigenvalue weighted by atomic mass is 35.5. The van der Waals surface area contributed by atoms with Crippen LogP contribution >= 0.6 is 11.6 Å². The third kappa shape index (κ3) is 5.66. The van der Waals surface area contributed by atoms with Gasteiger partial charge in [-0.3, -0.25) is 9.89 Å². The van der Waals surface area contributed by atoms with Crippen molar-refractivity contribution in [3.05, 3.63) is 118 Å². The average molecular weight is 525 g/mol. The Labute approximate surface area is 224 Å². The fourth-order valence-corrected chi connectivity index (χ4v) is 4.06. The Bertz CT molecular complexity index is 1570. The summed E-state index contributed by atoms with van der Waals surface area (Å²) in [5.41, 5.74) is 8.92. The van der Waals surface area contributed by atoms with Crippen molar-refractivity contribution >= 4 is 23.7 Å². The van der Waals surface area contributed by atoms with Gasteiger partial charge in [-0.1, -0.05) is 41.9 Å². The number of ether oxygens (including phenoxy) is 1. The first-order valence-corrected chi connectivity index (χ1v) is 12.3. The van der Waals surface area contributed by atoms with Crippen molar-refractivity contribution in [1.82, 2.24) is 25.4 Å². The number of aromatic amines is 1. The van der Waals surface area contributed by atoms with E-state index >= 15 is 0 Å². The average Bonchev–Trinajstić information content (AvgIpc) is 3.54. The molecular weight excluding hydrogens is 500 g/mol. The molecule has 5 aromatic rings. The molecule has 0 fully saturated rings. The first-order chi connectivity index (χ1) is 18.5. The van der Waals surface area contributed by atoms with E-state index in [1.165, 1.54) is 0 Å². The molecule has 0 saturated heterocycles. The van der Waals surface area contributed by atoms with Crippen LogP contribution in [-0.2, 0) is 6.61 Å². The quantitative estimate of drug-likeness (QED) is 0.196. The minimum absolute atomic E-state index is 0.300. The van der Waals surface area contributed by atoms with E-state index in [2.05, 4.69) is 25.8 Å². The molecule has 5 rings (SSSR count). The molecule has 0 aliphatic heterocycles. The molecule has 9 heteroatoms. The van der Waals surface area contributed by atoms with Crippen molar-refractivity contribution in [3.63, 3.8) is 0 Å². The smallest absolute Gasteiger partial charge is 0.289 e. The lowest BCUT2D eigenvalue weighted by atomic mass is 10.1. The van der Waals surface area contributed by atoms with Gasteiger partial charge in [0.1, 0.15) is 18.1 Å². The number of aryl methyl sites for hydroxylation is 1. The molecule has 190 valence electrons. The van der Waals surface area contributed by atoms with Crippen LogP contribution in [0.1, 0.15) is 33.0 Å². The number of benzene rings is 3. The van der Waals surface area contributed by atoms with Crippen LogP contribution in [0.5, 0.6) is 5.75 Å². The van der Waals surface area contributed by atoms with Gasteiger partial charge in [0.2, 0.25) is 0 Å². The number of para-hydroxylation sites is 1. The number of halogens is 1. The summed E-state index contributed by atoms with van der Waals surface area (Å²) in [6, 6.07) is 26.6. The zero-order valence-corrected chi connectivity index (χ0v) is 21.6. The number of nitrogens with one attached hydrogen (secondary N) is 2. The SMILES string of the molecule is Cc1nn(-c2ccccc2)c(C)c1/C=N\NC(=O)c1cc(-c2ccc(OCc3ccc(Cl)cc3)cc2)n[nH]1. The minimum Gasteiger partial charge on any atom is -0.489 e. The maximum Gasteiger partial charge on any atom is 0.289 e. The van der Waals surface area contributed by atoms with Gasteiger partial charge in [-0.25, -0.2) is 10.1 Å². The molecule has 0 aliphatic carbocycles. The molecule has 0 aliphatic rings. The topological polar surface area (TPSA) is 97.2 Å². The molecule has 0 bridgehead atoms. The normalized spacial score (nSPS) is 11.1. The number of amides is 1. The van der Waals surface area contributed by atoms with Crippen LogP contribution in [0.25, 0.3) is 16.9 Å². The number of nitrogens with zero attached hydrogens (tertiary/aromatic N) is 4. The van der Waals surface area contributed by atoms with Crippen molar-refractivity contribution in [3.8, 4) is 22.7 Å². The van der Waals surface area contributed by atoms with Gasteiger partial charge < -0.3 is 4.74 Å². The summed E-state index contributed by atoms with van der Waals surface area (Å²) in [6.45, 7) is 4.31. The van der Waals surface area contributed by atoms with E-state index in [-0.39, 0.29) is 0 Å². The number of rotatable bonds is 8. The van der Waals surface area contributed by atoms with Gasteiger partial charge in [-0.2, -0.15) is 15.3 Å². The third-order valence-electron chi connectivity index (χ3n) is 6.00. The van der Waals surface area contributed by atoms with E-state index in [1.54, 1.807) is 12.3 Å². The number of carbonyl (C=O) groups is 1. The fourth-order valence-electron chi connectivity index (χ4n) is 3.93. The molecular formula is C29H25ClN6O2. The van der Waals surface area contributed by atoms with Crippen LogP contribution in [-0.4, -0.2) is 32.1 Å². The maximum atomic E-state index is 12.6. The van der Waals surface area contributed by atoms with Crippen LogP contribution in [0.3, 0.4) is 0 Å². The van der Waals surface area contributed by atoms with Crippen LogP contribution in [0, 0.1) is 13.8 Å². The monoisotopic (exact) mass is 524 g/mol. The van der Waals surface area contributed by atoms with Gasteiger partial charge >= 0.3 is 0 Å². The Morgan fingerprint density at radius 1 is 1.05 bits per heavy atom. The van der Waals surface area contributed by atoms with Gasteiger partial charge in [0.05, 0.1) is 29.0 Å². The number of hydrogen-bond donors (Lipinski definition) is 2. The standard InChI is InChI=1S/C29H25ClN6O2/c1-19-26(20(2)36(35-19)24-6-4-3-5-7-24)17-31-34-29(37)28-16-27(32-33-28)22-10-14-25(15-11-22)38-18-21-8-12-23(30)13-9-21/h3-17H,18H2,1-2H3,(H,32,33)(H,34,37)/b31-17-. The second-order valence-electron chi connectivity index (χ2n) is 8.64. The maximum absolute atomic E-state index is 12.6. The molecule has 38 heavy (non-hydrogen) atoms. The molecule has 0 atom stereocenters. The number of hydrazone groups is 1. The Morgan fingerprint density at radius 2 is 1.79 bits per heavy atom. The lowest BCUT2D eigenvalue weighted by Gasteiger charge is -2.07. The first-order valence-electron chi connectivity index (χ1n) is 12.0. The summed E-state index contributed by atoms with van der Waals surface area (Å²) in [5, 5.41) is 16.5. The third-order valence-corrected chi connectivity index (χ3v) is 6.25. The van der Waals surface area contributed by atoms with Gasteiger partial charge in [0.25, 0.3) is 5.91 Å². The predicted octanol–water partition coefficient (Wildman–Crippen LogP) is 5.88. The van der Waals surface area contributed by atoms with E-state index in [0.717, 1.165) is 39.5 Å². The molecule has 0 spiro atoms. The molecule has 0 saturated carbocycles. The fraction of sp³-hybridized carbons (Fsp3) is 0.103. The number of carbonyl (C=O) groups excluding carboxylic acids is 1. The van der Waals surface area contributed by atoms with Crippen molar-refractivity contribution in [2.45, 2.75) is 20.5 Å². The van der Waals surface area contributed by atoms with Gasteiger partial charge in [-0.15, -0.1) is 0 Å². The molecule has 2 N–H and O–H groups in total. The highest BCUT2D eigenvalue weighted by Gasteiger charge is 2.13. The highest BCUT2D eigenvalue weighted by Crippen LogP contribution is 2.22. The summed E-state index contributed by atoms with van der Waals surface area (Å²) in [7, 11) is 0. The molecule has 0 radical (unpaired) electrons. The van der Waals surface area contributed by atoms with Gasteiger partial charge in [0.15, 0.2) is 0 Å². The Kier molecular flexibility index (Phi) is 7.33. The van der Waals surface area contributed by atoms with E-state index in [1.807, 2.05) is 97.4 Å². The Hall–Kier alpha value is -4.69. The number of hydrogen-bond acceptors (Lipinski definition) is 5. The predicted molar refractivity (Wildman–Crippen MR) is 148 cm³/mol. The van der Waals surface area contributed by atoms with Crippen molar-refractivity contribution in [2.75, 3.05) is 0 Å². The summed E-state index contributed by atoms with van der Waals surface area (Å²) >= 11 is 5.92. The second-order valence-corrected chi connectivity index (χ2v) is 9.07. The Balaban J connectivity index is 1.20. The summed E-state index contributed by atoms with van der Waals surface area (Å²) in [5.74, 6) is 0.335. The minimum atomic E-state index is -0.395. The first kappa shape index (κ1) is 25.0. The second kappa shape index (κ2) is 11.1. The summed E-state index contributed by atoms with van der Waals surface area (Å²) in [6.07, 6.45) is 1.61. The van der Waals surface area contributed by atoms with Gasteiger partial charge in [0, 0.05) is 16.1 Å². The zero-order valence-electron chi connectivity index (χ0n) is 20.9. The van der Waals surface area contributed by atoms with Crippen LogP contribution in [0.4, 0.5) is 0 Å². The van der Waals surface area contributed by atoms with E-state index in [0.29, 0.717) is 23.0 Å². The van der Waals surface area contributed by atoms with Gasteiger partial charge in [-0.05, 0) is 74.0 Å². The van der Waals surface area contributed by atoms with Crippen LogP contribution < -0.4 is 10.2 Å². The molecule has 3 aromatic carbocycles. The summed E-state index contributed by atoms with van der Waals surface area (Å²) < 4.78 is 7.69. The molecule has 2 heterocycles. The zero-order chi connectivity index (χ0) is 26.5. The van der Waals surface area contributed by atoms with Crippen molar-refractivity contribution in [2.24, 2.45) is 5.10 Å².